The van der Waals surface area contributed by atoms with Crippen LogP contribution in [-0.4, -0.2) is 44.9 Å². The maximum atomic E-state index is 12.7. The SMILES string of the molecule is CC(C)c1nc2ccc(NC(=O)[C@H]3CC(=O)N(CCc4ccc(O)cc4)C3)cc2[nH]1. The van der Waals surface area contributed by atoms with Gasteiger partial charge in [0.1, 0.15) is 11.6 Å². The average Bonchev–Trinajstić information content (AvgIpc) is 3.31. The second-order valence-electron chi connectivity index (χ2n) is 8.16. The van der Waals surface area contributed by atoms with Crippen LogP contribution < -0.4 is 5.32 Å². The van der Waals surface area contributed by atoms with E-state index in [0.29, 0.717) is 31.1 Å². The van der Waals surface area contributed by atoms with E-state index in [0.717, 1.165) is 22.4 Å². The second kappa shape index (κ2) is 8.18. The molecule has 2 heterocycles. The number of H-pyrrole nitrogens is 1. The number of carbonyl (C=O) groups is 2. The topological polar surface area (TPSA) is 98.3 Å². The van der Waals surface area contributed by atoms with Crippen LogP contribution in [0.3, 0.4) is 0 Å². The van der Waals surface area contributed by atoms with Gasteiger partial charge in [-0.25, -0.2) is 4.98 Å². The van der Waals surface area contributed by atoms with E-state index in [9.17, 15) is 14.7 Å². The highest BCUT2D eigenvalue weighted by Gasteiger charge is 2.34. The zero-order valence-corrected chi connectivity index (χ0v) is 17.2. The van der Waals surface area contributed by atoms with Crippen molar-refractivity contribution in [3.8, 4) is 5.75 Å². The van der Waals surface area contributed by atoms with Crippen LogP contribution in [0.1, 0.15) is 37.6 Å². The zero-order valence-electron chi connectivity index (χ0n) is 17.2. The van der Waals surface area contributed by atoms with Gasteiger partial charge in [0, 0.05) is 31.1 Å². The number of benzene rings is 2. The number of nitrogens with one attached hydrogen (secondary N) is 2. The van der Waals surface area contributed by atoms with Crippen molar-refractivity contribution >= 4 is 28.5 Å². The smallest absolute Gasteiger partial charge is 0.229 e. The van der Waals surface area contributed by atoms with Gasteiger partial charge in [0.25, 0.3) is 0 Å². The molecular formula is C23H26N4O3. The highest BCUT2D eigenvalue weighted by Crippen LogP contribution is 2.23. The zero-order chi connectivity index (χ0) is 21.3. The summed E-state index contributed by atoms with van der Waals surface area (Å²) in [5.74, 6) is 0.937. The molecule has 7 heteroatoms. The van der Waals surface area contributed by atoms with E-state index in [2.05, 4.69) is 29.1 Å². The van der Waals surface area contributed by atoms with E-state index in [1.807, 2.05) is 30.3 Å². The Bertz CT molecular complexity index is 1070. The molecule has 1 fully saturated rings. The monoisotopic (exact) mass is 406 g/mol. The summed E-state index contributed by atoms with van der Waals surface area (Å²) in [6, 6.07) is 12.6. The van der Waals surface area contributed by atoms with Crippen molar-refractivity contribution < 1.29 is 14.7 Å². The normalized spacial score (nSPS) is 16.6. The van der Waals surface area contributed by atoms with Crippen LogP contribution in [0.2, 0.25) is 0 Å². The number of imidazole rings is 1. The number of nitrogens with zero attached hydrogens (tertiary/aromatic N) is 2. The number of hydrogen-bond donors (Lipinski definition) is 3. The lowest BCUT2D eigenvalue weighted by Crippen LogP contribution is -2.30. The predicted molar refractivity (Wildman–Crippen MR) is 115 cm³/mol. The number of fused-ring (bicyclic) bond motifs is 1. The molecule has 0 spiro atoms. The quantitative estimate of drug-likeness (QED) is 0.584. The number of carbonyl (C=O) groups excluding carboxylic acids is 2. The van der Waals surface area contributed by atoms with Crippen molar-refractivity contribution in [1.82, 2.24) is 14.9 Å². The van der Waals surface area contributed by atoms with Gasteiger partial charge in [-0.05, 0) is 42.3 Å². The molecule has 1 aliphatic heterocycles. The van der Waals surface area contributed by atoms with Crippen LogP contribution in [0.5, 0.6) is 5.75 Å². The summed E-state index contributed by atoms with van der Waals surface area (Å²) in [5, 5.41) is 12.3. The minimum absolute atomic E-state index is 0.000441. The number of anilines is 1. The summed E-state index contributed by atoms with van der Waals surface area (Å²) in [5.41, 5.74) is 3.49. The van der Waals surface area contributed by atoms with Crippen molar-refractivity contribution in [2.45, 2.75) is 32.6 Å². The lowest BCUT2D eigenvalue weighted by atomic mass is 10.1. The largest absolute Gasteiger partial charge is 0.508 e. The third kappa shape index (κ3) is 4.30. The van der Waals surface area contributed by atoms with E-state index < -0.39 is 0 Å². The van der Waals surface area contributed by atoms with Gasteiger partial charge in [0.15, 0.2) is 0 Å². The van der Waals surface area contributed by atoms with Gasteiger partial charge in [0.05, 0.1) is 17.0 Å². The molecule has 2 aromatic carbocycles. The fraction of sp³-hybridized carbons (Fsp3) is 0.348. The van der Waals surface area contributed by atoms with Crippen LogP contribution in [-0.2, 0) is 16.0 Å². The number of rotatable bonds is 6. The molecule has 7 nitrogen and oxygen atoms in total. The maximum absolute atomic E-state index is 12.7. The third-order valence-electron chi connectivity index (χ3n) is 5.51. The molecule has 156 valence electrons. The highest BCUT2D eigenvalue weighted by molar-refractivity contribution is 5.98. The summed E-state index contributed by atoms with van der Waals surface area (Å²) >= 11 is 0. The van der Waals surface area contributed by atoms with Crippen LogP contribution in [0.4, 0.5) is 5.69 Å². The summed E-state index contributed by atoms with van der Waals surface area (Å²) in [6.45, 7) is 5.13. The fourth-order valence-corrected chi connectivity index (χ4v) is 3.72. The van der Waals surface area contributed by atoms with Gasteiger partial charge in [-0.1, -0.05) is 26.0 Å². The van der Waals surface area contributed by atoms with Crippen molar-refractivity contribution in [3.63, 3.8) is 0 Å². The van der Waals surface area contributed by atoms with Crippen LogP contribution in [0.25, 0.3) is 11.0 Å². The number of phenolic OH excluding ortho intramolecular Hbond substituents is 1. The van der Waals surface area contributed by atoms with Gasteiger partial charge in [-0.3, -0.25) is 9.59 Å². The molecule has 0 bridgehead atoms. The molecule has 0 aliphatic carbocycles. The van der Waals surface area contributed by atoms with E-state index in [1.165, 1.54) is 0 Å². The number of likely N-dealkylation sites (tertiary alicyclic amines) is 1. The molecule has 0 unspecified atom stereocenters. The van der Waals surface area contributed by atoms with Crippen LogP contribution >= 0.6 is 0 Å². The fourth-order valence-electron chi connectivity index (χ4n) is 3.72. The van der Waals surface area contributed by atoms with Gasteiger partial charge < -0.3 is 20.3 Å². The molecule has 0 saturated carbocycles. The van der Waals surface area contributed by atoms with Crippen molar-refractivity contribution in [2.75, 3.05) is 18.4 Å². The molecule has 2 amide bonds. The Morgan fingerprint density at radius 2 is 2.03 bits per heavy atom. The molecular weight excluding hydrogens is 380 g/mol. The first-order valence-corrected chi connectivity index (χ1v) is 10.3. The summed E-state index contributed by atoms with van der Waals surface area (Å²) in [4.78, 5) is 34.6. The lowest BCUT2D eigenvalue weighted by molar-refractivity contribution is -0.128. The number of phenols is 1. The first kappa shape index (κ1) is 19.9. The Hall–Kier alpha value is -3.35. The van der Waals surface area contributed by atoms with Crippen LogP contribution in [0, 0.1) is 5.92 Å². The van der Waals surface area contributed by atoms with Crippen LogP contribution in [0.15, 0.2) is 42.5 Å². The van der Waals surface area contributed by atoms with Gasteiger partial charge in [0.2, 0.25) is 11.8 Å². The minimum Gasteiger partial charge on any atom is -0.508 e. The van der Waals surface area contributed by atoms with E-state index in [-0.39, 0.29) is 29.9 Å². The number of hydrogen-bond acceptors (Lipinski definition) is 4. The third-order valence-corrected chi connectivity index (χ3v) is 5.51. The van der Waals surface area contributed by atoms with Crippen molar-refractivity contribution in [1.29, 1.82) is 0 Å². The first-order valence-electron chi connectivity index (χ1n) is 10.3. The average molecular weight is 406 g/mol. The second-order valence-corrected chi connectivity index (χ2v) is 8.16. The Balaban J connectivity index is 1.36. The lowest BCUT2D eigenvalue weighted by Gasteiger charge is -2.16. The minimum atomic E-state index is -0.360. The van der Waals surface area contributed by atoms with Crippen molar-refractivity contribution in [2.24, 2.45) is 5.92 Å². The molecule has 1 saturated heterocycles. The number of aromatic nitrogens is 2. The number of aromatic amines is 1. The van der Waals surface area contributed by atoms with E-state index >= 15 is 0 Å². The number of amides is 2. The molecule has 30 heavy (non-hydrogen) atoms. The molecule has 4 rings (SSSR count). The van der Waals surface area contributed by atoms with E-state index in [1.54, 1.807) is 17.0 Å². The molecule has 1 atom stereocenters. The maximum Gasteiger partial charge on any atom is 0.229 e. The Morgan fingerprint density at radius 1 is 1.27 bits per heavy atom. The predicted octanol–water partition coefficient (Wildman–Crippen LogP) is 3.42. The Labute approximate surface area is 175 Å². The first-order chi connectivity index (χ1) is 14.4. The molecule has 1 aromatic heterocycles. The summed E-state index contributed by atoms with van der Waals surface area (Å²) < 4.78 is 0. The molecule has 0 radical (unpaired) electrons. The Kier molecular flexibility index (Phi) is 5.44. The summed E-state index contributed by atoms with van der Waals surface area (Å²) in [6.07, 6.45) is 0.917. The molecule has 3 N–H and O–H groups in total. The highest BCUT2D eigenvalue weighted by atomic mass is 16.3. The van der Waals surface area contributed by atoms with E-state index in [4.69, 9.17) is 0 Å². The number of aromatic hydroxyl groups is 1. The molecule has 1 aliphatic rings. The molecule has 3 aromatic rings. The van der Waals surface area contributed by atoms with Gasteiger partial charge >= 0.3 is 0 Å². The standard InChI is InChI=1S/C23H26N4O3/c1-14(2)22-25-19-8-5-17(12-20(19)26-22)24-23(30)16-11-21(29)27(13-16)10-9-15-3-6-18(28)7-4-15/h3-8,12,14,16,28H,9-11,13H2,1-2H3,(H,24,30)(H,25,26)/t16-/m0/s1. The van der Waals surface area contributed by atoms with Gasteiger partial charge in [-0.2, -0.15) is 0 Å². The Morgan fingerprint density at radius 3 is 2.77 bits per heavy atom. The van der Waals surface area contributed by atoms with Crippen molar-refractivity contribution in [3.05, 3.63) is 53.9 Å². The summed E-state index contributed by atoms with van der Waals surface area (Å²) in [7, 11) is 0. The van der Waals surface area contributed by atoms with Gasteiger partial charge in [-0.15, -0.1) is 0 Å².